The third-order valence-corrected chi connectivity index (χ3v) is 7.89. The number of hydrogen-bond donors (Lipinski definition) is 4. The van der Waals surface area contributed by atoms with Crippen molar-refractivity contribution in [2.24, 2.45) is 5.92 Å². The van der Waals surface area contributed by atoms with Gasteiger partial charge >= 0.3 is 12.2 Å². The zero-order chi connectivity index (χ0) is 34.4. The summed E-state index contributed by atoms with van der Waals surface area (Å²) in [6.07, 6.45) is 2.60. The molecule has 4 N–H and O–H groups in total. The molecule has 0 radical (unpaired) electrons. The second-order valence-electron chi connectivity index (χ2n) is 12.1. The second kappa shape index (κ2) is 17.6. The van der Waals surface area contributed by atoms with Crippen LogP contribution in [0.15, 0.2) is 110 Å². The molecule has 0 spiro atoms. The van der Waals surface area contributed by atoms with E-state index in [-0.39, 0.29) is 25.6 Å². The van der Waals surface area contributed by atoms with Gasteiger partial charge in [0, 0.05) is 30.6 Å². The Hall–Kier alpha value is -5.29. The number of rotatable bonds is 15. The average Bonchev–Trinajstić information content (AvgIpc) is 3.10. The Bertz CT molecular complexity index is 1580. The van der Waals surface area contributed by atoms with Crippen molar-refractivity contribution in [1.29, 1.82) is 0 Å². The maximum Gasteiger partial charge on any atom is 0.408 e. The number of carbonyl (C=O) groups is 3. The average molecular weight is 654 g/mol. The molecule has 2 aromatic heterocycles. The molecular weight excluding hydrogens is 610 g/mol. The molecule has 0 unspecified atom stereocenters. The van der Waals surface area contributed by atoms with Gasteiger partial charge in [0.15, 0.2) is 0 Å². The topological polar surface area (TPSA) is 152 Å². The Kier molecular flexibility index (Phi) is 13.0. The molecule has 252 valence electrons. The molecule has 2 heterocycles. The molecule has 11 nitrogen and oxygen atoms in total. The standard InChI is InChI=1S/C37H43N5O6/c1-26(2)33(41-35(45)48-25-30-18-10-11-20-39-30)34(44)40-31(21-27-13-6-4-7-14-27)32(43)22-37(3,29-16-8-5-9-17-29)42-36(46)47-24-28-15-12-19-38-23-28/h4-20,23,26,31-33,43H,21-22,24-25H2,1-3H3,(H,40,44)(H,41,45)(H,42,46)/t31-,32-,33-,37-/m0/s1. The molecule has 11 heteroatoms. The van der Waals surface area contributed by atoms with Gasteiger partial charge in [-0.1, -0.05) is 86.6 Å². The van der Waals surface area contributed by atoms with Crippen LogP contribution in [0.3, 0.4) is 0 Å². The van der Waals surface area contributed by atoms with Crippen molar-refractivity contribution < 1.29 is 29.0 Å². The van der Waals surface area contributed by atoms with Crippen LogP contribution in [0, 0.1) is 5.92 Å². The van der Waals surface area contributed by atoms with Crippen LogP contribution in [-0.2, 0) is 39.4 Å². The number of pyridine rings is 2. The summed E-state index contributed by atoms with van der Waals surface area (Å²) >= 11 is 0. The third-order valence-electron chi connectivity index (χ3n) is 7.89. The number of nitrogens with zero attached hydrogens (tertiary/aromatic N) is 2. The zero-order valence-electron chi connectivity index (χ0n) is 27.4. The molecule has 0 saturated carbocycles. The lowest BCUT2D eigenvalue weighted by Crippen LogP contribution is -2.56. The van der Waals surface area contributed by atoms with Gasteiger partial charge in [-0.05, 0) is 48.6 Å². The summed E-state index contributed by atoms with van der Waals surface area (Å²) < 4.78 is 10.8. The van der Waals surface area contributed by atoms with E-state index in [4.69, 9.17) is 9.47 Å². The van der Waals surface area contributed by atoms with E-state index in [9.17, 15) is 19.5 Å². The fraction of sp³-hybridized carbons (Fsp3) is 0.324. The molecule has 48 heavy (non-hydrogen) atoms. The van der Waals surface area contributed by atoms with E-state index in [2.05, 4.69) is 25.9 Å². The van der Waals surface area contributed by atoms with Gasteiger partial charge in [0.1, 0.15) is 19.3 Å². The summed E-state index contributed by atoms with van der Waals surface area (Å²) in [5.41, 5.74) is 1.84. The Morgan fingerprint density at radius 1 is 0.792 bits per heavy atom. The largest absolute Gasteiger partial charge is 0.445 e. The number of nitrogens with one attached hydrogen (secondary N) is 3. The molecule has 0 bridgehead atoms. The van der Waals surface area contributed by atoms with Crippen molar-refractivity contribution in [3.63, 3.8) is 0 Å². The molecule has 0 aliphatic heterocycles. The summed E-state index contributed by atoms with van der Waals surface area (Å²) in [4.78, 5) is 47.7. The van der Waals surface area contributed by atoms with Crippen LogP contribution in [-0.4, -0.2) is 51.4 Å². The van der Waals surface area contributed by atoms with E-state index < -0.39 is 41.8 Å². The van der Waals surface area contributed by atoms with Gasteiger partial charge in [0.2, 0.25) is 5.91 Å². The molecule has 0 aliphatic carbocycles. The Morgan fingerprint density at radius 3 is 2.10 bits per heavy atom. The predicted octanol–water partition coefficient (Wildman–Crippen LogP) is 5.05. The molecule has 0 saturated heterocycles. The van der Waals surface area contributed by atoms with Crippen LogP contribution in [0.25, 0.3) is 0 Å². The highest BCUT2D eigenvalue weighted by molar-refractivity contribution is 5.86. The quantitative estimate of drug-likeness (QED) is 0.139. The zero-order valence-corrected chi connectivity index (χ0v) is 27.4. The van der Waals surface area contributed by atoms with Gasteiger partial charge in [0.25, 0.3) is 0 Å². The first-order valence-electron chi connectivity index (χ1n) is 15.9. The first kappa shape index (κ1) is 35.6. The SMILES string of the molecule is CC(C)[C@H](NC(=O)OCc1ccccn1)C(=O)N[C@@H](Cc1ccccc1)[C@@H](O)C[C@](C)(NC(=O)OCc1cccnc1)c1ccccc1. The number of benzene rings is 2. The molecule has 4 aromatic rings. The summed E-state index contributed by atoms with van der Waals surface area (Å²) in [7, 11) is 0. The molecule has 2 aromatic carbocycles. The minimum Gasteiger partial charge on any atom is -0.445 e. The van der Waals surface area contributed by atoms with Gasteiger partial charge in [-0.3, -0.25) is 14.8 Å². The number of ether oxygens (including phenoxy) is 2. The normalized spacial score (nSPS) is 14.1. The van der Waals surface area contributed by atoms with Crippen molar-refractivity contribution in [1.82, 2.24) is 25.9 Å². The van der Waals surface area contributed by atoms with Gasteiger partial charge in [0.05, 0.1) is 23.4 Å². The first-order chi connectivity index (χ1) is 23.1. The van der Waals surface area contributed by atoms with Gasteiger partial charge in [-0.15, -0.1) is 0 Å². The molecule has 4 rings (SSSR count). The summed E-state index contributed by atoms with van der Waals surface area (Å²) in [5.74, 6) is -0.780. The van der Waals surface area contributed by atoms with E-state index in [0.29, 0.717) is 12.1 Å². The van der Waals surface area contributed by atoms with Gasteiger partial charge in [-0.2, -0.15) is 0 Å². The van der Waals surface area contributed by atoms with E-state index in [1.807, 2.05) is 60.7 Å². The van der Waals surface area contributed by atoms with E-state index in [1.54, 1.807) is 69.7 Å². The highest BCUT2D eigenvalue weighted by atomic mass is 16.6. The molecule has 4 atom stereocenters. The van der Waals surface area contributed by atoms with Crippen LogP contribution in [0.4, 0.5) is 9.59 Å². The summed E-state index contributed by atoms with van der Waals surface area (Å²) in [6.45, 7) is 5.38. The number of hydrogen-bond acceptors (Lipinski definition) is 8. The smallest absolute Gasteiger partial charge is 0.408 e. The van der Waals surface area contributed by atoms with Crippen LogP contribution < -0.4 is 16.0 Å². The monoisotopic (exact) mass is 653 g/mol. The lowest BCUT2D eigenvalue weighted by Gasteiger charge is -2.36. The number of aromatic nitrogens is 2. The lowest BCUT2D eigenvalue weighted by atomic mass is 9.83. The van der Waals surface area contributed by atoms with E-state index in [1.165, 1.54) is 0 Å². The highest BCUT2D eigenvalue weighted by Crippen LogP contribution is 2.28. The second-order valence-corrected chi connectivity index (χ2v) is 12.1. The maximum absolute atomic E-state index is 13.7. The van der Waals surface area contributed by atoms with Crippen LogP contribution in [0.5, 0.6) is 0 Å². The van der Waals surface area contributed by atoms with Crippen molar-refractivity contribution in [2.45, 2.75) is 70.6 Å². The fourth-order valence-corrected chi connectivity index (χ4v) is 5.25. The third kappa shape index (κ3) is 10.9. The van der Waals surface area contributed by atoms with E-state index >= 15 is 0 Å². The summed E-state index contributed by atoms with van der Waals surface area (Å²) in [5, 5.41) is 20.4. The number of aliphatic hydroxyl groups excluding tert-OH is 1. The minimum absolute atomic E-state index is 0.0215. The van der Waals surface area contributed by atoms with Crippen molar-refractivity contribution in [3.05, 3.63) is 132 Å². The number of carbonyl (C=O) groups excluding carboxylic acids is 3. The summed E-state index contributed by atoms with van der Waals surface area (Å²) in [6, 6.07) is 25.8. The van der Waals surface area contributed by atoms with Crippen molar-refractivity contribution >= 4 is 18.1 Å². The van der Waals surface area contributed by atoms with Crippen LogP contribution in [0.1, 0.15) is 49.6 Å². The number of alkyl carbamates (subject to hydrolysis) is 2. The number of amides is 3. The van der Waals surface area contributed by atoms with Crippen LogP contribution >= 0.6 is 0 Å². The molecule has 3 amide bonds. The van der Waals surface area contributed by atoms with Gasteiger partial charge in [-0.25, -0.2) is 9.59 Å². The Morgan fingerprint density at radius 2 is 1.46 bits per heavy atom. The van der Waals surface area contributed by atoms with Gasteiger partial charge < -0.3 is 30.5 Å². The highest BCUT2D eigenvalue weighted by Gasteiger charge is 2.36. The van der Waals surface area contributed by atoms with Crippen molar-refractivity contribution in [3.8, 4) is 0 Å². The molecular formula is C37H43N5O6. The molecule has 0 fully saturated rings. The lowest BCUT2D eigenvalue weighted by molar-refractivity contribution is -0.125. The van der Waals surface area contributed by atoms with E-state index in [0.717, 1.165) is 16.7 Å². The number of aliphatic hydroxyl groups is 1. The minimum atomic E-state index is -1.14. The Labute approximate surface area is 281 Å². The first-order valence-corrected chi connectivity index (χ1v) is 15.9. The Balaban J connectivity index is 1.50. The van der Waals surface area contributed by atoms with Crippen LogP contribution in [0.2, 0.25) is 0 Å². The molecule has 0 aliphatic rings. The van der Waals surface area contributed by atoms with Crippen molar-refractivity contribution in [2.75, 3.05) is 0 Å². The maximum atomic E-state index is 13.7. The fourth-order valence-electron chi connectivity index (χ4n) is 5.25. The predicted molar refractivity (Wildman–Crippen MR) is 180 cm³/mol.